The van der Waals surface area contributed by atoms with Crippen LogP contribution in [0, 0.1) is 0 Å². The summed E-state index contributed by atoms with van der Waals surface area (Å²) in [4.78, 5) is 20.5. The Balaban J connectivity index is 1.52. The van der Waals surface area contributed by atoms with Crippen molar-refractivity contribution in [2.75, 3.05) is 23.3 Å². The number of rotatable bonds is 5. The number of anilines is 2. The Morgan fingerprint density at radius 2 is 1.67 bits per heavy atom. The molecular formula is C21H29N7S2. The summed E-state index contributed by atoms with van der Waals surface area (Å²) in [6, 6.07) is 4.29. The van der Waals surface area contributed by atoms with Crippen LogP contribution in [-0.4, -0.2) is 44.2 Å². The van der Waals surface area contributed by atoms with Crippen molar-refractivity contribution in [1.29, 1.82) is 0 Å². The van der Waals surface area contributed by atoms with Gasteiger partial charge in [0.25, 0.3) is 0 Å². The SMILES string of the molecule is S=C(Nc1nc(Sc2ncccn2)cc(N2CCCCCC2)n1)NC1CCCCC1. The highest BCUT2D eigenvalue weighted by molar-refractivity contribution is 7.99. The Hall–Kier alpha value is -2.00. The van der Waals surface area contributed by atoms with Gasteiger partial charge >= 0.3 is 0 Å². The average molecular weight is 444 g/mol. The normalized spacial score (nSPS) is 17.9. The molecule has 7 nitrogen and oxygen atoms in total. The second kappa shape index (κ2) is 10.9. The summed E-state index contributed by atoms with van der Waals surface area (Å²) in [5, 5.41) is 8.76. The maximum atomic E-state index is 5.56. The lowest BCUT2D eigenvalue weighted by Gasteiger charge is -2.25. The van der Waals surface area contributed by atoms with Crippen LogP contribution in [0.5, 0.6) is 0 Å². The molecule has 1 saturated heterocycles. The monoisotopic (exact) mass is 443 g/mol. The maximum absolute atomic E-state index is 5.56. The predicted molar refractivity (Wildman–Crippen MR) is 125 cm³/mol. The van der Waals surface area contributed by atoms with E-state index in [0.717, 1.165) is 23.9 Å². The Bertz CT molecular complexity index is 819. The van der Waals surface area contributed by atoms with Gasteiger partial charge in [0.1, 0.15) is 10.8 Å². The lowest BCUT2D eigenvalue weighted by molar-refractivity contribution is 0.414. The Morgan fingerprint density at radius 1 is 0.967 bits per heavy atom. The molecule has 2 fully saturated rings. The molecule has 9 heteroatoms. The van der Waals surface area contributed by atoms with Crippen molar-refractivity contribution < 1.29 is 0 Å². The third kappa shape index (κ3) is 6.25. The molecule has 0 aromatic carbocycles. The van der Waals surface area contributed by atoms with E-state index in [1.165, 1.54) is 69.5 Å². The molecule has 2 aromatic heterocycles. The standard InChI is InChI=1S/C21H29N7S2/c29-20(24-16-9-4-3-5-10-16)27-19-25-17(28-13-6-1-2-7-14-28)15-18(26-19)30-21-22-11-8-12-23-21/h8,11-12,15-16H,1-7,9-10,13-14H2,(H2,24,25,26,27,29). The minimum atomic E-state index is 0.444. The fourth-order valence-electron chi connectivity index (χ4n) is 3.98. The fraction of sp³-hybridized carbons (Fsp3) is 0.571. The third-order valence-electron chi connectivity index (χ3n) is 5.52. The van der Waals surface area contributed by atoms with Crippen LogP contribution in [-0.2, 0) is 0 Å². The molecule has 2 aromatic rings. The first-order valence-corrected chi connectivity index (χ1v) is 12.2. The lowest BCUT2D eigenvalue weighted by atomic mass is 9.96. The summed E-state index contributed by atoms with van der Waals surface area (Å²) >= 11 is 7.01. The van der Waals surface area contributed by atoms with E-state index < -0.39 is 0 Å². The first-order chi connectivity index (χ1) is 14.8. The summed E-state index contributed by atoms with van der Waals surface area (Å²) in [5.41, 5.74) is 0. The molecule has 0 spiro atoms. The van der Waals surface area contributed by atoms with E-state index in [1.807, 2.05) is 12.1 Å². The van der Waals surface area contributed by atoms with Gasteiger partial charge in [-0.2, -0.15) is 4.98 Å². The summed E-state index contributed by atoms with van der Waals surface area (Å²) < 4.78 is 0. The predicted octanol–water partition coefficient (Wildman–Crippen LogP) is 4.42. The van der Waals surface area contributed by atoms with Crippen molar-refractivity contribution in [3.8, 4) is 0 Å². The number of thiocarbonyl (C=S) groups is 1. The van der Waals surface area contributed by atoms with Crippen molar-refractivity contribution in [3.05, 3.63) is 24.5 Å². The zero-order valence-electron chi connectivity index (χ0n) is 17.2. The molecular weight excluding hydrogens is 414 g/mol. The number of nitrogens with one attached hydrogen (secondary N) is 2. The third-order valence-corrected chi connectivity index (χ3v) is 6.55. The van der Waals surface area contributed by atoms with Gasteiger partial charge in [-0.3, -0.25) is 0 Å². The second-order valence-electron chi connectivity index (χ2n) is 7.86. The zero-order valence-corrected chi connectivity index (χ0v) is 18.9. The van der Waals surface area contributed by atoms with Crippen molar-refractivity contribution in [3.63, 3.8) is 0 Å². The van der Waals surface area contributed by atoms with Crippen LogP contribution >= 0.6 is 24.0 Å². The lowest BCUT2D eigenvalue weighted by Crippen LogP contribution is -2.39. The van der Waals surface area contributed by atoms with Gasteiger partial charge in [0.15, 0.2) is 10.3 Å². The molecule has 1 aliphatic carbocycles. The van der Waals surface area contributed by atoms with Gasteiger partial charge in [0, 0.05) is 37.6 Å². The topological polar surface area (TPSA) is 78.9 Å². The summed E-state index contributed by atoms with van der Waals surface area (Å²) in [6.45, 7) is 2.04. The smallest absolute Gasteiger partial charge is 0.232 e. The van der Waals surface area contributed by atoms with E-state index in [9.17, 15) is 0 Å². The highest BCUT2D eigenvalue weighted by Gasteiger charge is 2.17. The molecule has 3 heterocycles. The molecule has 30 heavy (non-hydrogen) atoms. The molecule has 2 aliphatic rings. The number of aromatic nitrogens is 4. The van der Waals surface area contributed by atoms with E-state index in [0.29, 0.717) is 22.3 Å². The van der Waals surface area contributed by atoms with Crippen LogP contribution in [0.25, 0.3) is 0 Å². The molecule has 2 N–H and O–H groups in total. The summed E-state index contributed by atoms with van der Waals surface area (Å²) in [6.07, 6.45) is 14.6. The van der Waals surface area contributed by atoms with Gasteiger partial charge < -0.3 is 15.5 Å². The van der Waals surface area contributed by atoms with Gasteiger partial charge in [0.2, 0.25) is 5.95 Å². The number of nitrogens with zero attached hydrogens (tertiary/aromatic N) is 5. The Kier molecular flexibility index (Phi) is 7.69. The summed E-state index contributed by atoms with van der Waals surface area (Å²) in [7, 11) is 0. The fourth-order valence-corrected chi connectivity index (χ4v) is 4.95. The molecule has 0 atom stereocenters. The minimum absolute atomic E-state index is 0.444. The van der Waals surface area contributed by atoms with Crippen LogP contribution < -0.4 is 15.5 Å². The van der Waals surface area contributed by atoms with Crippen LogP contribution in [0.2, 0.25) is 0 Å². The van der Waals surface area contributed by atoms with E-state index in [-0.39, 0.29) is 0 Å². The van der Waals surface area contributed by atoms with Crippen molar-refractivity contribution in [2.45, 2.75) is 74.0 Å². The highest BCUT2D eigenvalue weighted by atomic mass is 32.2. The van der Waals surface area contributed by atoms with Gasteiger partial charge in [-0.05, 0) is 55.7 Å². The molecule has 0 unspecified atom stereocenters. The van der Waals surface area contributed by atoms with Crippen LogP contribution in [0.1, 0.15) is 57.8 Å². The van der Waals surface area contributed by atoms with E-state index in [4.69, 9.17) is 17.2 Å². The zero-order chi connectivity index (χ0) is 20.6. The molecule has 4 rings (SSSR count). The Labute approximate surface area is 187 Å². The number of hydrogen-bond donors (Lipinski definition) is 2. The van der Waals surface area contributed by atoms with Crippen molar-refractivity contribution in [2.24, 2.45) is 0 Å². The van der Waals surface area contributed by atoms with Crippen molar-refractivity contribution >= 4 is 40.9 Å². The van der Waals surface area contributed by atoms with Gasteiger partial charge in [0.05, 0.1) is 0 Å². The quantitative estimate of drug-likeness (QED) is 0.397. The molecule has 0 bridgehead atoms. The summed E-state index contributed by atoms with van der Waals surface area (Å²) in [5.74, 6) is 1.47. The van der Waals surface area contributed by atoms with Gasteiger partial charge in [-0.1, -0.05) is 32.1 Å². The first kappa shape index (κ1) is 21.2. The largest absolute Gasteiger partial charge is 0.360 e. The van der Waals surface area contributed by atoms with Gasteiger partial charge in [-0.25, -0.2) is 15.0 Å². The van der Waals surface area contributed by atoms with Gasteiger partial charge in [-0.15, -0.1) is 0 Å². The second-order valence-corrected chi connectivity index (χ2v) is 9.25. The maximum Gasteiger partial charge on any atom is 0.232 e. The average Bonchev–Trinajstić information content (AvgIpc) is 3.05. The molecule has 1 saturated carbocycles. The highest BCUT2D eigenvalue weighted by Crippen LogP contribution is 2.28. The van der Waals surface area contributed by atoms with E-state index in [2.05, 4.69) is 30.5 Å². The van der Waals surface area contributed by atoms with E-state index in [1.54, 1.807) is 12.4 Å². The Morgan fingerprint density at radius 3 is 2.40 bits per heavy atom. The van der Waals surface area contributed by atoms with E-state index >= 15 is 0 Å². The molecule has 1 aliphatic heterocycles. The first-order valence-electron chi connectivity index (χ1n) is 10.9. The van der Waals surface area contributed by atoms with Crippen molar-refractivity contribution in [1.82, 2.24) is 25.3 Å². The molecule has 0 radical (unpaired) electrons. The molecule has 0 amide bonds. The van der Waals surface area contributed by atoms with Crippen LogP contribution in [0.15, 0.2) is 34.7 Å². The van der Waals surface area contributed by atoms with Crippen LogP contribution in [0.4, 0.5) is 11.8 Å². The van der Waals surface area contributed by atoms with Crippen LogP contribution in [0.3, 0.4) is 0 Å². The number of hydrogen-bond acceptors (Lipinski definition) is 7. The minimum Gasteiger partial charge on any atom is -0.360 e. The molecule has 160 valence electrons.